The number of fused-ring (bicyclic) bond motifs is 2. The largest absolute Gasteiger partial charge is 0.427 e. The molecule has 2 heterocycles. The predicted octanol–water partition coefficient (Wildman–Crippen LogP) is 4.79. The van der Waals surface area contributed by atoms with E-state index in [9.17, 15) is 36.7 Å². The minimum Gasteiger partial charge on any atom is -0.427 e. The summed E-state index contributed by atoms with van der Waals surface area (Å²) in [5.41, 5.74) is -0.254. The van der Waals surface area contributed by atoms with Crippen LogP contribution >= 0.6 is 0 Å². The molecule has 1 aliphatic heterocycles. The van der Waals surface area contributed by atoms with E-state index in [1.54, 1.807) is 0 Å². The number of carbonyl (C=O) groups is 4. The molecule has 4 amide bonds. The molecule has 1 spiro atoms. The molecule has 0 saturated carbocycles. The number of imide groups is 1. The Balaban J connectivity index is 1.47. The van der Waals surface area contributed by atoms with E-state index in [1.165, 1.54) is 54.9 Å². The summed E-state index contributed by atoms with van der Waals surface area (Å²) < 4.78 is 60.2. The lowest BCUT2D eigenvalue weighted by molar-refractivity contribution is -0.187. The number of anilines is 1. The van der Waals surface area contributed by atoms with Crippen LogP contribution in [0.15, 0.2) is 67.0 Å². The van der Waals surface area contributed by atoms with E-state index in [0.717, 1.165) is 19.1 Å². The SMILES string of the molecule is C[C@H](N(Cc1ccc(F)cc1)C(=O)CC1C[C@@]2(OC(=O)NC2=O)c2ccc(NC(=O)c3ccncc3)cc21)C(F)(F)F. The highest BCUT2D eigenvalue weighted by Crippen LogP contribution is 2.51. The number of halogens is 4. The zero-order chi connectivity index (χ0) is 30.2. The van der Waals surface area contributed by atoms with Crippen molar-refractivity contribution in [2.24, 2.45) is 0 Å². The molecule has 2 aromatic carbocycles. The first kappa shape index (κ1) is 28.7. The standard InChI is InChI=1S/C29H24F4N4O5/c1-16(29(31,32)33)37(15-17-2-4-20(30)5-3-17)24(38)12-19-14-28(26(40)36-27(41)42-28)23-7-6-21(13-22(19)23)35-25(39)18-8-10-34-11-9-18/h2-11,13,16,19H,12,14-15H2,1H3,(H,35,39)(H,36,40,41)/t16-,19?,28+/m0/s1. The van der Waals surface area contributed by atoms with E-state index >= 15 is 0 Å². The highest BCUT2D eigenvalue weighted by Gasteiger charge is 2.57. The number of nitrogens with zero attached hydrogens (tertiary/aromatic N) is 2. The summed E-state index contributed by atoms with van der Waals surface area (Å²) in [4.78, 5) is 55.7. The van der Waals surface area contributed by atoms with E-state index in [1.807, 2.05) is 0 Å². The lowest BCUT2D eigenvalue weighted by Crippen LogP contribution is -2.46. The first-order valence-electron chi connectivity index (χ1n) is 12.9. The highest BCUT2D eigenvalue weighted by atomic mass is 19.4. The van der Waals surface area contributed by atoms with Gasteiger partial charge in [-0.25, -0.2) is 9.18 Å². The minimum absolute atomic E-state index is 0.196. The molecule has 2 N–H and O–H groups in total. The van der Waals surface area contributed by atoms with E-state index in [-0.39, 0.29) is 17.5 Å². The van der Waals surface area contributed by atoms with Gasteiger partial charge in [-0.2, -0.15) is 13.2 Å². The number of hydrogen-bond donors (Lipinski definition) is 2. The van der Waals surface area contributed by atoms with Crippen molar-refractivity contribution < 1.29 is 41.5 Å². The Morgan fingerprint density at radius 1 is 1.12 bits per heavy atom. The lowest BCUT2D eigenvalue weighted by atomic mass is 9.94. The van der Waals surface area contributed by atoms with Gasteiger partial charge in [0.15, 0.2) is 0 Å². The molecule has 1 saturated heterocycles. The monoisotopic (exact) mass is 584 g/mol. The highest BCUT2D eigenvalue weighted by molar-refractivity contribution is 6.05. The van der Waals surface area contributed by atoms with Gasteiger partial charge in [0.1, 0.15) is 11.9 Å². The normalized spacial score (nSPS) is 20.1. The molecule has 9 nitrogen and oxygen atoms in total. The number of nitrogens with one attached hydrogen (secondary N) is 2. The van der Waals surface area contributed by atoms with Crippen molar-refractivity contribution in [1.29, 1.82) is 0 Å². The Kier molecular flexibility index (Phi) is 7.43. The van der Waals surface area contributed by atoms with Crippen molar-refractivity contribution in [1.82, 2.24) is 15.2 Å². The van der Waals surface area contributed by atoms with Crippen LogP contribution in [-0.4, -0.2) is 45.9 Å². The fraction of sp³-hybridized carbons (Fsp3) is 0.276. The molecule has 5 rings (SSSR count). The quantitative estimate of drug-likeness (QED) is 0.386. The second kappa shape index (κ2) is 10.9. The molecule has 1 fully saturated rings. The maximum absolute atomic E-state index is 13.8. The second-order valence-electron chi connectivity index (χ2n) is 10.1. The van der Waals surface area contributed by atoms with Crippen LogP contribution in [0, 0.1) is 5.82 Å². The van der Waals surface area contributed by atoms with E-state index in [2.05, 4.69) is 15.6 Å². The number of benzene rings is 2. The summed E-state index contributed by atoms with van der Waals surface area (Å²) >= 11 is 0. The van der Waals surface area contributed by atoms with Gasteiger partial charge in [-0.1, -0.05) is 18.2 Å². The number of alkyl halides is 3. The number of amides is 4. The number of carbonyl (C=O) groups excluding carboxylic acids is 4. The van der Waals surface area contributed by atoms with Crippen molar-refractivity contribution in [3.05, 3.63) is 95.1 Å². The third kappa shape index (κ3) is 5.54. The molecule has 13 heteroatoms. The Morgan fingerprint density at radius 3 is 2.43 bits per heavy atom. The van der Waals surface area contributed by atoms with Crippen molar-refractivity contribution in [2.45, 2.75) is 50.0 Å². The van der Waals surface area contributed by atoms with Crippen molar-refractivity contribution >= 4 is 29.5 Å². The average molecular weight is 585 g/mol. The fourth-order valence-corrected chi connectivity index (χ4v) is 5.27. The van der Waals surface area contributed by atoms with Crippen LogP contribution < -0.4 is 10.6 Å². The maximum Gasteiger partial charge on any atom is 0.415 e. The summed E-state index contributed by atoms with van der Waals surface area (Å²) in [7, 11) is 0. The Bertz CT molecular complexity index is 1550. The van der Waals surface area contributed by atoms with Gasteiger partial charge < -0.3 is 15.0 Å². The van der Waals surface area contributed by atoms with Gasteiger partial charge in [0.05, 0.1) is 0 Å². The summed E-state index contributed by atoms with van der Waals surface area (Å²) in [5, 5.41) is 4.79. The zero-order valence-corrected chi connectivity index (χ0v) is 22.1. The van der Waals surface area contributed by atoms with Gasteiger partial charge in [-0.05, 0) is 60.4 Å². The molecular weight excluding hydrogens is 560 g/mol. The average Bonchev–Trinajstić information content (AvgIpc) is 3.41. The first-order valence-corrected chi connectivity index (χ1v) is 12.9. The van der Waals surface area contributed by atoms with Gasteiger partial charge >= 0.3 is 12.3 Å². The van der Waals surface area contributed by atoms with Crippen LogP contribution in [0.3, 0.4) is 0 Å². The van der Waals surface area contributed by atoms with Crippen LogP contribution in [-0.2, 0) is 26.5 Å². The van der Waals surface area contributed by atoms with E-state index in [4.69, 9.17) is 4.74 Å². The number of pyridine rings is 1. The van der Waals surface area contributed by atoms with Crippen molar-refractivity contribution in [3.8, 4) is 0 Å². The molecule has 1 aliphatic carbocycles. The molecule has 218 valence electrons. The van der Waals surface area contributed by atoms with Gasteiger partial charge in [-0.3, -0.25) is 24.7 Å². The Morgan fingerprint density at radius 2 is 1.81 bits per heavy atom. The van der Waals surface area contributed by atoms with Crippen LogP contribution in [0.5, 0.6) is 0 Å². The smallest absolute Gasteiger partial charge is 0.415 e. The third-order valence-electron chi connectivity index (χ3n) is 7.46. The number of aromatic nitrogens is 1. The summed E-state index contributed by atoms with van der Waals surface area (Å²) in [6.07, 6.45) is -3.53. The van der Waals surface area contributed by atoms with Gasteiger partial charge in [0, 0.05) is 48.6 Å². The van der Waals surface area contributed by atoms with E-state index < -0.39 is 66.3 Å². The lowest BCUT2D eigenvalue weighted by Gasteiger charge is -2.32. The third-order valence-corrected chi connectivity index (χ3v) is 7.46. The van der Waals surface area contributed by atoms with Gasteiger partial charge in [-0.15, -0.1) is 0 Å². The molecule has 3 aromatic rings. The summed E-state index contributed by atoms with van der Waals surface area (Å²) in [5.74, 6) is -3.54. The molecule has 1 unspecified atom stereocenters. The topological polar surface area (TPSA) is 118 Å². The van der Waals surface area contributed by atoms with Crippen LogP contribution in [0.4, 0.5) is 28.0 Å². The van der Waals surface area contributed by atoms with E-state index in [0.29, 0.717) is 21.7 Å². The summed E-state index contributed by atoms with van der Waals surface area (Å²) in [6.45, 7) is 0.409. The first-order chi connectivity index (χ1) is 19.9. The zero-order valence-electron chi connectivity index (χ0n) is 22.1. The maximum atomic E-state index is 13.8. The molecule has 1 aromatic heterocycles. The number of alkyl carbamates (subject to hydrolysis) is 1. The fourth-order valence-electron chi connectivity index (χ4n) is 5.27. The summed E-state index contributed by atoms with van der Waals surface area (Å²) in [6, 6.07) is 10.1. The molecular formula is C29H24F4N4O5. The van der Waals surface area contributed by atoms with Crippen LogP contribution in [0.25, 0.3) is 0 Å². The van der Waals surface area contributed by atoms with Crippen molar-refractivity contribution in [3.63, 3.8) is 0 Å². The van der Waals surface area contributed by atoms with Gasteiger partial charge in [0.25, 0.3) is 11.8 Å². The second-order valence-corrected chi connectivity index (χ2v) is 10.1. The Labute approximate surface area is 236 Å². The molecule has 0 bridgehead atoms. The number of rotatable bonds is 7. The predicted molar refractivity (Wildman–Crippen MR) is 139 cm³/mol. The number of hydrogen-bond acceptors (Lipinski definition) is 6. The minimum atomic E-state index is -4.75. The van der Waals surface area contributed by atoms with Gasteiger partial charge in [0.2, 0.25) is 11.5 Å². The molecule has 3 atom stereocenters. The van der Waals surface area contributed by atoms with Crippen molar-refractivity contribution in [2.75, 3.05) is 5.32 Å². The molecule has 42 heavy (non-hydrogen) atoms. The van der Waals surface area contributed by atoms with Crippen LogP contribution in [0.1, 0.15) is 52.7 Å². The molecule has 0 radical (unpaired) electrons. The number of ether oxygens (including phenoxy) is 1. The molecule has 2 aliphatic rings. The Hall–Kier alpha value is -4.81. The van der Waals surface area contributed by atoms with Crippen LogP contribution in [0.2, 0.25) is 0 Å².